The number of hydrogen-bond acceptors (Lipinski definition) is 6. The monoisotopic (exact) mass is 524 g/mol. The summed E-state index contributed by atoms with van der Waals surface area (Å²) in [6.45, 7) is 0.0908. The molecule has 4 N–H and O–H groups in total. The molecule has 3 aromatic heterocycles. The van der Waals surface area contributed by atoms with Gasteiger partial charge in [-0.3, -0.25) is 9.59 Å². The number of aromatic amines is 1. The summed E-state index contributed by atoms with van der Waals surface area (Å²) >= 11 is 0. The van der Waals surface area contributed by atoms with Crippen molar-refractivity contribution < 1.29 is 14.0 Å². The van der Waals surface area contributed by atoms with Gasteiger partial charge in [0.05, 0.1) is 11.9 Å². The third-order valence-corrected chi connectivity index (χ3v) is 6.99. The second-order valence-electron chi connectivity index (χ2n) is 9.64. The first-order chi connectivity index (χ1) is 18.9. The van der Waals surface area contributed by atoms with Gasteiger partial charge in [0.25, 0.3) is 5.91 Å². The highest BCUT2D eigenvalue weighted by Crippen LogP contribution is 2.33. The Bertz CT molecular complexity index is 1700. The van der Waals surface area contributed by atoms with E-state index in [1.54, 1.807) is 47.4 Å². The van der Waals surface area contributed by atoms with Crippen LogP contribution in [0.25, 0.3) is 28.0 Å². The fourth-order valence-corrected chi connectivity index (χ4v) is 5.01. The summed E-state index contributed by atoms with van der Waals surface area (Å²) < 4.78 is 16.1. The number of benzene rings is 2. The van der Waals surface area contributed by atoms with Gasteiger partial charge in [-0.25, -0.2) is 24.0 Å². The number of aromatic nitrogens is 6. The molecule has 10 nitrogen and oxygen atoms in total. The van der Waals surface area contributed by atoms with E-state index in [0.29, 0.717) is 45.0 Å². The van der Waals surface area contributed by atoms with Crippen LogP contribution in [0.2, 0.25) is 0 Å². The molecule has 1 fully saturated rings. The van der Waals surface area contributed by atoms with Crippen LogP contribution in [-0.4, -0.2) is 41.5 Å². The number of hydrogen-bond donors (Lipinski definition) is 3. The molecule has 1 aliphatic rings. The van der Waals surface area contributed by atoms with Gasteiger partial charge in [-0.2, -0.15) is 5.10 Å². The average molecular weight is 525 g/mol. The van der Waals surface area contributed by atoms with Crippen molar-refractivity contribution >= 4 is 23.0 Å². The third-order valence-electron chi connectivity index (χ3n) is 6.99. The molecule has 0 radical (unpaired) electrons. The summed E-state index contributed by atoms with van der Waals surface area (Å²) in [7, 11) is 0. The van der Waals surface area contributed by atoms with Crippen LogP contribution < -0.4 is 11.1 Å². The van der Waals surface area contributed by atoms with Crippen LogP contribution in [0, 0.1) is 5.82 Å². The summed E-state index contributed by atoms with van der Waals surface area (Å²) in [6.07, 6.45) is 9.12. The zero-order valence-corrected chi connectivity index (χ0v) is 20.9. The SMILES string of the molecule is NC(=O)c1cccc(-n2cc(-c3cc(F)cc(CNC(=O)c4ncnc5nc(C6CCCC6)[nH]c45)c3)cn2)c1. The molecule has 1 saturated carbocycles. The van der Waals surface area contributed by atoms with Gasteiger partial charge in [-0.05, 0) is 60.4 Å². The highest BCUT2D eigenvalue weighted by Gasteiger charge is 2.23. The van der Waals surface area contributed by atoms with E-state index in [2.05, 4.69) is 30.4 Å². The van der Waals surface area contributed by atoms with Crippen LogP contribution >= 0.6 is 0 Å². The number of primary amides is 1. The smallest absolute Gasteiger partial charge is 0.272 e. The molecular formula is C28H25FN8O2. The Labute approximate surface area is 222 Å². The van der Waals surface area contributed by atoms with Crippen LogP contribution in [0.4, 0.5) is 4.39 Å². The molecule has 3 heterocycles. The molecule has 2 amide bonds. The molecule has 1 aliphatic carbocycles. The normalized spacial score (nSPS) is 13.7. The number of imidazole rings is 1. The number of nitrogens with two attached hydrogens (primary N) is 1. The first-order valence-corrected chi connectivity index (χ1v) is 12.7. The minimum Gasteiger partial charge on any atom is -0.366 e. The number of nitrogens with one attached hydrogen (secondary N) is 2. The van der Waals surface area contributed by atoms with Crippen LogP contribution in [0.5, 0.6) is 0 Å². The molecule has 5 aromatic rings. The van der Waals surface area contributed by atoms with Crippen LogP contribution in [0.3, 0.4) is 0 Å². The first kappa shape index (κ1) is 24.4. The zero-order chi connectivity index (χ0) is 26.9. The number of carbonyl (C=O) groups is 2. The number of carbonyl (C=O) groups excluding carboxylic acids is 2. The predicted octanol–water partition coefficient (Wildman–Crippen LogP) is 4.03. The van der Waals surface area contributed by atoms with Crippen LogP contribution in [0.1, 0.15) is 63.8 Å². The summed E-state index contributed by atoms with van der Waals surface area (Å²) in [4.78, 5) is 40.8. The van der Waals surface area contributed by atoms with E-state index >= 15 is 0 Å². The number of amides is 2. The highest BCUT2D eigenvalue weighted by atomic mass is 19.1. The minimum atomic E-state index is -0.537. The molecule has 0 bridgehead atoms. The second kappa shape index (κ2) is 10.1. The lowest BCUT2D eigenvalue weighted by molar-refractivity contribution is 0.0946. The Hall–Kier alpha value is -4.93. The summed E-state index contributed by atoms with van der Waals surface area (Å²) in [6, 6.07) is 11.3. The fourth-order valence-electron chi connectivity index (χ4n) is 5.01. The first-order valence-electron chi connectivity index (χ1n) is 12.7. The molecular weight excluding hydrogens is 499 g/mol. The van der Waals surface area contributed by atoms with Crippen LogP contribution in [-0.2, 0) is 6.54 Å². The van der Waals surface area contributed by atoms with E-state index in [1.165, 1.54) is 31.3 Å². The van der Waals surface area contributed by atoms with Crippen LogP contribution in [0.15, 0.2) is 61.2 Å². The summed E-state index contributed by atoms with van der Waals surface area (Å²) in [5.74, 6) is -0.201. The summed E-state index contributed by atoms with van der Waals surface area (Å²) in [5, 5.41) is 7.18. The van der Waals surface area contributed by atoms with E-state index in [1.807, 2.05) is 0 Å². The number of nitrogens with zero attached hydrogens (tertiary/aromatic N) is 5. The number of halogens is 1. The molecule has 11 heteroatoms. The molecule has 196 valence electrons. The Balaban J connectivity index is 1.20. The average Bonchev–Trinajstić information content (AvgIpc) is 3.71. The van der Waals surface area contributed by atoms with Gasteiger partial charge in [0.2, 0.25) is 5.91 Å². The lowest BCUT2D eigenvalue weighted by Gasteiger charge is -2.08. The molecule has 0 unspecified atom stereocenters. The van der Waals surface area contributed by atoms with Gasteiger partial charge in [0.15, 0.2) is 11.3 Å². The highest BCUT2D eigenvalue weighted by molar-refractivity contribution is 6.02. The maximum Gasteiger partial charge on any atom is 0.272 e. The van der Waals surface area contributed by atoms with Gasteiger partial charge in [-0.15, -0.1) is 0 Å². The molecule has 0 atom stereocenters. The van der Waals surface area contributed by atoms with Gasteiger partial charge in [0, 0.05) is 29.8 Å². The quantitative estimate of drug-likeness (QED) is 0.293. The van der Waals surface area contributed by atoms with Crippen molar-refractivity contribution in [3.8, 4) is 16.8 Å². The van der Waals surface area contributed by atoms with E-state index in [-0.39, 0.29) is 12.2 Å². The molecule has 39 heavy (non-hydrogen) atoms. The van der Waals surface area contributed by atoms with Crippen molar-refractivity contribution in [3.63, 3.8) is 0 Å². The lowest BCUT2D eigenvalue weighted by atomic mass is 10.1. The van der Waals surface area contributed by atoms with E-state index < -0.39 is 17.6 Å². The second-order valence-corrected chi connectivity index (χ2v) is 9.64. The fraction of sp³-hybridized carbons (Fsp3) is 0.214. The van der Waals surface area contributed by atoms with Gasteiger partial charge < -0.3 is 16.0 Å². The molecule has 0 saturated heterocycles. The van der Waals surface area contributed by atoms with Crippen molar-refractivity contribution in [2.45, 2.75) is 38.1 Å². The molecule has 0 spiro atoms. The largest absolute Gasteiger partial charge is 0.366 e. The van der Waals surface area contributed by atoms with E-state index in [4.69, 9.17) is 5.73 Å². The van der Waals surface area contributed by atoms with Crippen molar-refractivity contribution in [1.29, 1.82) is 0 Å². The van der Waals surface area contributed by atoms with E-state index in [0.717, 1.165) is 18.7 Å². The predicted molar refractivity (Wildman–Crippen MR) is 142 cm³/mol. The maximum absolute atomic E-state index is 14.6. The molecule has 2 aromatic carbocycles. The Morgan fingerprint density at radius 2 is 1.95 bits per heavy atom. The van der Waals surface area contributed by atoms with Crippen molar-refractivity contribution in [2.75, 3.05) is 0 Å². The van der Waals surface area contributed by atoms with Gasteiger partial charge >= 0.3 is 0 Å². The Morgan fingerprint density at radius 3 is 2.77 bits per heavy atom. The maximum atomic E-state index is 14.6. The minimum absolute atomic E-state index is 0.0908. The number of rotatable bonds is 7. The standard InChI is InChI=1S/C28H25FN8O2/c29-21-9-16(8-19(10-21)20-13-34-37(14-20)22-7-3-6-18(11-22)25(30)38)12-31-28(39)24-23-27(33-15-32-24)36-26(35-23)17-4-1-2-5-17/h3,6-11,13-15,17H,1-2,4-5,12H2,(H2,30,38)(H,31,39)(H,32,33,35,36). The Morgan fingerprint density at radius 1 is 1.10 bits per heavy atom. The molecule has 0 aliphatic heterocycles. The lowest BCUT2D eigenvalue weighted by Crippen LogP contribution is -2.24. The van der Waals surface area contributed by atoms with E-state index in [9.17, 15) is 14.0 Å². The number of H-pyrrole nitrogens is 1. The van der Waals surface area contributed by atoms with Crippen molar-refractivity contribution in [2.24, 2.45) is 5.73 Å². The van der Waals surface area contributed by atoms with Crippen molar-refractivity contribution in [1.82, 2.24) is 35.0 Å². The third kappa shape index (κ3) is 4.98. The zero-order valence-electron chi connectivity index (χ0n) is 20.9. The van der Waals surface area contributed by atoms with Crippen molar-refractivity contribution in [3.05, 3.63) is 89.6 Å². The van der Waals surface area contributed by atoms with Gasteiger partial charge in [-0.1, -0.05) is 18.9 Å². The number of fused-ring (bicyclic) bond motifs is 1. The van der Waals surface area contributed by atoms with Gasteiger partial charge in [0.1, 0.15) is 23.5 Å². The summed E-state index contributed by atoms with van der Waals surface area (Å²) in [5.41, 5.74) is 9.39. The topological polar surface area (TPSA) is 144 Å². The Kier molecular flexibility index (Phi) is 6.31. The molecule has 6 rings (SSSR count).